The van der Waals surface area contributed by atoms with Crippen LogP contribution in [-0.4, -0.2) is 21.2 Å². The first-order valence-corrected chi connectivity index (χ1v) is 7.02. The molecule has 0 saturated heterocycles. The molecule has 3 rings (SSSR count). The van der Waals surface area contributed by atoms with Gasteiger partial charge in [-0.05, 0) is 37.5 Å². The molecule has 2 aliphatic carbocycles. The van der Waals surface area contributed by atoms with Gasteiger partial charge >= 0.3 is 5.97 Å². The monoisotopic (exact) mass is 264 g/mol. The molecule has 1 aromatic rings. The standard InChI is InChI=1S/C14H20N2O3/c1-14(2)5-3-8(4-6-14)11-15-12(19-16-11)9-7-10(9)13(17)18/h8-10H,3-7H2,1-2H3,(H,17,18). The van der Waals surface area contributed by atoms with Crippen molar-refractivity contribution in [1.82, 2.24) is 10.1 Å². The predicted molar refractivity (Wildman–Crippen MR) is 67.8 cm³/mol. The molecular weight excluding hydrogens is 244 g/mol. The summed E-state index contributed by atoms with van der Waals surface area (Å²) < 4.78 is 5.25. The first-order valence-electron chi connectivity index (χ1n) is 7.02. The van der Waals surface area contributed by atoms with Crippen molar-refractivity contribution in [2.45, 2.75) is 57.8 Å². The van der Waals surface area contributed by atoms with E-state index in [1.165, 1.54) is 12.8 Å². The van der Waals surface area contributed by atoms with Crippen molar-refractivity contribution in [2.24, 2.45) is 11.3 Å². The summed E-state index contributed by atoms with van der Waals surface area (Å²) in [5.74, 6) is 0.544. The van der Waals surface area contributed by atoms with Crippen LogP contribution in [0.5, 0.6) is 0 Å². The molecule has 2 atom stereocenters. The molecule has 19 heavy (non-hydrogen) atoms. The molecular formula is C14H20N2O3. The molecule has 104 valence electrons. The number of hydrogen-bond acceptors (Lipinski definition) is 4. The van der Waals surface area contributed by atoms with Crippen LogP contribution in [0.15, 0.2) is 4.52 Å². The van der Waals surface area contributed by atoms with Gasteiger partial charge in [-0.1, -0.05) is 19.0 Å². The van der Waals surface area contributed by atoms with Gasteiger partial charge < -0.3 is 9.63 Å². The summed E-state index contributed by atoms with van der Waals surface area (Å²) in [6.45, 7) is 4.60. The third-order valence-electron chi connectivity index (χ3n) is 4.59. The molecule has 1 N–H and O–H groups in total. The second kappa shape index (κ2) is 4.32. The quantitative estimate of drug-likeness (QED) is 0.908. The number of aromatic nitrogens is 2. The van der Waals surface area contributed by atoms with Gasteiger partial charge in [0, 0.05) is 5.92 Å². The number of carboxylic acids is 1. The van der Waals surface area contributed by atoms with E-state index in [0.29, 0.717) is 23.6 Å². The van der Waals surface area contributed by atoms with Gasteiger partial charge in [0.05, 0.1) is 11.8 Å². The molecule has 1 heterocycles. The van der Waals surface area contributed by atoms with Crippen LogP contribution in [0.4, 0.5) is 0 Å². The van der Waals surface area contributed by atoms with E-state index >= 15 is 0 Å². The van der Waals surface area contributed by atoms with E-state index in [2.05, 4.69) is 24.0 Å². The maximum absolute atomic E-state index is 10.8. The van der Waals surface area contributed by atoms with Crippen LogP contribution >= 0.6 is 0 Å². The summed E-state index contributed by atoms with van der Waals surface area (Å²) in [6.07, 6.45) is 5.19. The van der Waals surface area contributed by atoms with Crippen molar-refractivity contribution >= 4 is 5.97 Å². The zero-order valence-corrected chi connectivity index (χ0v) is 11.4. The van der Waals surface area contributed by atoms with E-state index in [-0.39, 0.29) is 11.8 Å². The van der Waals surface area contributed by atoms with Gasteiger partial charge in [0.1, 0.15) is 0 Å². The second-order valence-electron chi connectivity index (χ2n) is 6.72. The van der Waals surface area contributed by atoms with Gasteiger partial charge in [0.25, 0.3) is 0 Å². The average Bonchev–Trinajstić information content (AvgIpc) is 3.01. The van der Waals surface area contributed by atoms with Gasteiger partial charge in [0.15, 0.2) is 5.82 Å². The summed E-state index contributed by atoms with van der Waals surface area (Å²) in [7, 11) is 0. The zero-order chi connectivity index (χ0) is 13.6. The highest BCUT2D eigenvalue weighted by molar-refractivity contribution is 5.74. The largest absolute Gasteiger partial charge is 0.481 e. The molecule has 0 spiro atoms. The molecule has 0 bridgehead atoms. The van der Waals surface area contributed by atoms with Gasteiger partial charge in [0.2, 0.25) is 5.89 Å². The fraction of sp³-hybridized carbons (Fsp3) is 0.786. The van der Waals surface area contributed by atoms with Crippen LogP contribution in [0.3, 0.4) is 0 Å². The number of nitrogens with zero attached hydrogens (tertiary/aromatic N) is 2. The third-order valence-corrected chi connectivity index (χ3v) is 4.59. The summed E-state index contributed by atoms with van der Waals surface area (Å²) in [5, 5.41) is 13.0. The lowest BCUT2D eigenvalue weighted by molar-refractivity contribution is -0.138. The zero-order valence-electron chi connectivity index (χ0n) is 11.4. The molecule has 1 aromatic heterocycles. The van der Waals surface area contributed by atoms with Crippen LogP contribution in [0.2, 0.25) is 0 Å². The van der Waals surface area contributed by atoms with Gasteiger partial charge in [-0.15, -0.1) is 0 Å². The van der Waals surface area contributed by atoms with E-state index < -0.39 is 5.97 Å². The first-order chi connectivity index (χ1) is 8.96. The van der Waals surface area contributed by atoms with Crippen molar-refractivity contribution in [3.63, 3.8) is 0 Å². The van der Waals surface area contributed by atoms with E-state index in [1.807, 2.05) is 0 Å². The Morgan fingerprint density at radius 3 is 2.63 bits per heavy atom. The van der Waals surface area contributed by atoms with Crippen LogP contribution in [-0.2, 0) is 4.79 Å². The Hall–Kier alpha value is -1.39. The summed E-state index contributed by atoms with van der Waals surface area (Å²) in [5.41, 5.74) is 0.425. The molecule has 2 unspecified atom stereocenters. The number of hydrogen-bond donors (Lipinski definition) is 1. The van der Waals surface area contributed by atoms with Gasteiger partial charge in [-0.3, -0.25) is 4.79 Å². The highest BCUT2D eigenvalue weighted by Crippen LogP contribution is 2.47. The number of aliphatic carboxylic acids is 1. The summed E-state index contributed by atoms with van der Waals surface area (Å²) in [4.78, 5) is 15.3. The second-order valence-corrected chi connectivity index (χ2v) is 6.72. The van der Waals surface area contributed by atoms with E-state index in [1.54, 1.807) is 0 Å². The fourth-order valence-corrected chi connectivity index (χ4v) is 2.96. The SMILES string of the molecule is CC1(C)CCC(c2noc(C3CC3C(=O)O)n2)CC1. The van der Waals surface area contributed by atoms with Crippen LogP contribution < -0.4 is 0 Å². The van der Waals surface area contributed by atoms with Crippen LogP contribution in [0, 0.1) is 11.3 Å². The highest BCUT2D eigenvalue weighted by atomic mass is 16.5. The number of carbonyl (C=O) groups is 1. The van der Waals surface area contributed by atoms with Crippen LogP contribution in [0.25, 0.3) is 0 Å². The predicted octanol–water partition coefficient (Wildman–Crippen LogP) is 2.94. The third kappa shape index (κ3) is 2.51. The Morgan fingerprint density at radius 1 is 1.37 bits per heavy atom. The van der Waals surface area contributed by atoms with Crippen molar-refractivity contribution in [2.75, 3.05) is 0 Å². The molecule has 0 radical (unpaired) electrons. The van der Waals surface area contributed by atoms with Crippen molar-refractivity contribution < 1.29 is 14.4 Å². The Morgan fingerprint density at radius 2 is 2.05 bits per heavy atom. The lowest BCUT2D eigenvalue weighted by Crippen LogP contribution is -2.20. The first kappa shape index (κ1) is 12.6. The smallest absolute Gasteiger partial charge is 0.307 e. The molecule has 5 nitrogen and oxygen atoms in total. The summed E-state index contributed by atoms with van der Waals surface area (Å²) >= 11 is 0. The van der Waals surface area contributed by atoms with Crippen molar-refractivity contribution in [1.29, 1.82) is 0 Å². The van der Waals surface area contributed by atoms with Crippen LogP contribution in [0.1, 0.15) is 69.5 Å². The topological polar surface area (TPSA) is 76.2 Å². The minimum absolute atomic E-state index is 0.0567. The Kier molecular flexibility index (Phi) is 2.87. The Bertz CT molecular complexity index is 485. The minimum Gasteiger partial charge on any atom is -0.481 e. The average molecular weight is 264 g/mol. The van der Waals surface area contributed by atoms with Gasteiger partial charge in [-0.2, -0.15) is 4.98 Å². The highest BCUT2D eigenvalue weighted by Gasteiger charge is 2.48. The number of rotatable bonds is 3. The lowest BCUT2D eigenvalue weighted by atomic mass is 9.73. The van der Waals surface area contributed by atoms with Crippen molar-refractivity contribution in [3.05, 3.63) is 11.7 Å². The fourth-order valence-electron chi connectivity index (χ4n) is 2.96. The molecule has 2 fully saturated rings. The molecule has 0 aliphatic heterocycles. The van der Waals surface area contributed by atoms with E-state index in [4.69, 9.17) is 9.63 Å². The molecule has 0 aromatic carbocycles. The molecule has 0 amide bonds. The maximum Gasteiger partial charge on any atom is 0.307 e. The normalized spacial score (nSPS) is 30.2. The van der Waals surface area contributed by atoms with Gasteiger partial charge in [-0.25, -0.2) is 0 Å². The number of carboxylic acid groups (broad SMARTS) is 1. The van der Waals surface area contributed by atoms with E-state index in [0.717, 1.165) is 18.7 Å². The Balaban J connectivity index is 1.65. The van der Waals surface area contributed by atoms with E-state index in [9.17, 15) is 4.79 Å². The minimum atomic E-state index is -0.760. The summed E-state index contributed by atoms with van der Waals surface area (Å²) in [6, 6.07) is 0. The molecule has 2 saturated carbocycles. The molecule has 2 aliphatic rings. The Labute approximate surface area is 112 Å². The van der Waals surface area contributed by atoms with Crippen molar-refractivity contribution in [3.8, 4) is 0 Å². The lowest BCUT2D eigenvalue weighted by Gasteiger charge is -2.32. The molecule has 5 heteroatoms. The maximum atomic E-state index is 10.8.